The zero-order chi connectivity index (χ0) is 18.8. The number of piperazine rings is 1. The van der Waals surface area contributed by atoms with Gasteiger partial charge in [0.25, 0.3) is 5.91 Å². The van der Waals surface area contributed by atoms with Crippen molar-refractivity contribution in [3.05, 3.63) is 52.8 Å². The Morgan fingerprint density at radius 3 is 2.27 bits per heavy atom. The minimum absolute atomic E-state index is 0.0217. The van der Waals surface area contributed by atoms with Crippen molar-refractivity contribution in [1.29, 1.82) is 5.26 Å². The lowest BCUT2D eigenvalue weighted by Gasteiger charge is -2.34. The van der Waals surface area contributed by atoms with Crippen molar-refractivity contribution in [1.82, 2.24) is 14.4 Å². The minimum atomic E-state index is -0.172. The van der Waals surface area contributed by atoms with Gasteiger partial charge < -0.3 is 14.4 Å². The van der Waals surface area contributed by atoms with E-state index in [0.29, 0.717) is 37.4 Å². The molecule has 2 amide bonds. The third-order valence-electron chi connectivity index (χ3n) is 4.83. The van der Waals surface area contributed by atoms with E-state index in [9.17, 15) is 14.9 Å². The van der Waals surface area contributed by atoms with Crippen LogP contribution in [0.4, 0.5) is 0 Å². The molecule has 2 aromatic rings. The number of hydrogen-bond donors (Lipinski definition) is 0. The molecule has 3 rings (SSSR count). The number of rotatable bonds is 2. The Kier molecular flexibility index (Phi) is 4.81. The number of amides is 2. The maximum absolute atomic E-state index is 13.1. The Hall–Kier alpha value is -3.07. The van der Waals surface area contributed by atoms with Crippen molar-refractivity contribution < 1.29 is 9.59 Å². The molecular formula is C20H22N4O2. The molecule has 1 aliphatic heterocycles. The van der Waals surface area contributed by atoms with Crippen molar-refractivity contribution in [2.75, 3.05) is 26.2 Å². The van der Waals surface area contributed by atoms with Gasteiger partial charge in [-0.2, -0.15) is 5.26 Å². The first kappa shape index (κ1) is 17.7. The van der Waals surface area contributed by atoms with E-state index < -0.39 is 0 Å². The van der Waals surface area contributed by atoms with Crippen molar-refractivity contribution in [2.45, 2.75) is 20.8 Å². The lowest BCUT2D eigenvalue weighted by Crippen LogP contribution is -2.50. The summed E-state index contributed by atoms with van der Waals surface area (Å²) in [5.74, 6) is -0.150. The minimum Gasteiger partial charge on any atom is -0.339 e. The van der Waals surface area contributed by atoms with E-state index in [1.54, 1.807) is 26.6 Å². The molecule has 26 heavy (non-hydrogen) atoms. The van der Waals surface area contributed by atoms with Crippen LogP contribution in [-0.2, 0) is 4.79 Å². The van der Waals surface area contributed by atoms with Crippen LogP contribution in [0.25, 0.3) is 5.69 Å². The second kappa shape index (κ2) is 7.04. The molecule has 134 valence electrons. The van der Waals surface area contributed by atoms with E-state index in [-0.39, 0.29) is 11.8 Å². The number of hydrogen-bond acceptors (Lipinski definition) is 3. The maximum atomic E-state index is 13.1. The summed E-state index contributed by atoms with van der Waals surface area (Å²) >= 11 is 0. The van der Waals surface area contributed by atoms with Crippen LogP contribution in [0.2, 0.25) is 0 Å². The van der Waals surface area contributed by atoms with E-state index in [1.807, 2.05) is 26.0 Å². The fourth-order valence-electron chi connectivity index (χ4n) is 3.39. The molecule has 0 spiro atoms. The lowest BCUT2D eigenvalue weighted by molar-refractivity contribution is -0.130. The Morgan fingerprint density at radius 1 is 1.04 bits per heavy atom. The van der Waals surface area contributed by atoms with Gasteiger partial charge >= 0.3 is 0 Å². The van der Waals surface area contributed by atoms with Crippen molar-refractivity contribution in [2.24, 2.45) is 0 Å². The van der Waals surface area contributed by atoms with Gasteiger partial charge in [-0.15, -0.1) is 0 Å². The Morgan fingerprint density at radius 2 is 1.69 bits per heavy atom. The standard InChI is InChI=1S/C20H22N4O2/c1-14-4-5-18(15(2)12-14)24-7-6-17(13-21)19(24)20(26)23-10-8-22(9-11-23)16(3)25/h4-7,12H,8-11H2,1-3H3. The molecule has 0 N–H and O–H groups in total. The van der Waals surface area contributed by atoms with Crippen LogP contribution in [0.15, 0.2) is 30.5 Å². The summed E-state index contributed by atoms with van der Waals surface area (Å²) < 4.78 is 1.80. The molecule has 6 heteroatoms. The zero-order valence-corrected chi connectivity index (χ0v) is 15.3. The summed E-state index contributed by atoms with van der Waals surface area (Å²) in [6, 6.07) is 9.83. The highest BCUT2D eigenvalue weighted by atomic mass is 16.2. The summed E-state index contributed by atoms with van der Waals surface area (Å²) in [6.07, 6.45) is 1.77. The molecule has 1 fully saturated rings. The van der Waals surface area contributed by atoms with E-state index >= 15 is 0 Å². The van der Waals surface area contributed by atoms with Crippen molar-refractivity contribution in [3.63, 3.8) is 0 Å². The third-order valence-corrected chi connectivity index (χ3v) is 4.83. The quantitative estimate of drug-likeness (QED) is 0.834. The van der Waals surface area contributed by atoms with Gasteiger partial charge in [-0.3, -0.25) is 9.59 Å². The van der Waals surface area contributed by atoms with E-state index in [2.05, 4.69) is 12.1 Å². The van der Waals surface area contributed by atoms with Crippen LogP contribution in [0.3, 0.4) is 0 Å². The molecule has 0 bridgehead atoms. The van der Waals surface area contributed by atoms with Gasteiger partial charge in [0, 0.05) is 45.0 Å². The first-order valence-corrected chi connectivity index (χ1v) is 8.66. The van der Waals surface area contributed by atoms with Gasteiger partial charge in [0.05, 0.1) is 5.56 Å². The number of aryl methyl sites for hydroxylation is 2. The highest BCUT2D eigenvalue weighted by Gasteiger charge is 2.27. The molecule has 1 aliphatic rings. The summed E-state index contributed by atoms with van der Waals surface area (Å²) in [5.41, 5.74) is 3.83. The Bertz CT molecular complexity index is 899. The van der Waals surface area contributed by atoms with Crippen molar-refractivity contribution in [3.8, 4) is 11.8 Å². The van der Waals surface area contributed by atoms with Crippen LogP contribution in [0.5, 0.6) is 0 Å². The van der Waals surface area contributed by atoms with Gasteiger partial charge in [-0.05, 0) is 31.5 Å². The summed E-state index contributed by atoms with van der Waals surface area (Å²) in [6.45, 7) is 7.54. The predicted octanol–water partition coefficient (Wildman–Crippen LogP) is 2.27. The Balaban J connectivity index is 1.95. The predicted molar refractivity (Wildman–Crippen MR) is 98.1 cm³/mol. The molecule has 1 aromatic carbocycles. The fourth-order valence-corrected chi connectivity index (χ4v) is 3.39. The van der Waals surface area contributed by atoms with Crippen LogP contribution >= 0.6 is 0 Å². The third kappa shape index (κ3) is 3.21. The molecule has 1 aromatic heterocycles. The first-order valence-electron chi connectivity index (χ1n) is 8.66. The monoisotopic (exact) mass is 350 g/mol. The fraction of sp³-hybridized carbons (Fsp3) is 0.350. The van der Waals surface area contributed by atoms with Gasteiger partial charge in [-0.25, -0.2) is 0 Å². The number of nitriles is 1. The molecule has 0 aliphatic carbocycles. The molecule has 1 saturated heterocycles. The van der Waals surface area contributed by atoms with E-state index in [4.69, 9.17) is 0 Å². The first-order chi connectivity index (χ1) is 12.4. The average Bonchev–Trinajstić information content (AvgIpc) is 3.05. The largest absolute Gasteiger partial charge is 0.339 e. The number of carbonyl (C=O) groups excluding carboxylic acids is 2. The molecule has 0 atom stereocenters. The van der Waals surface area contributed by atoms with Crippen LogP contribution < -0.4 is 0 Å². The zero-order valence-electron chi connectivity index (χ0n) is 15.3. The van der Waals surface area contributed by atoms with Gasteiger partial charge in [0.1, 0.15) is 11.8 Å². The van der Waals surface area contributed by atoms with Gasteiger partial charge in [-0.1, -0.05) is 17.7 Å². The molecule has 6 nitrogen and oxygen atoms in total. The SMILES string of the molecule is CC(=O)N1CCN(C(=O)c2c(C#N)ccn2-c2ccc(C)cc2C)CC1. The Labute approximate surface area is 153 Å². The van der Waals surface area contributed by atoms with Crippen molar-refractivity contribution >= 4 is 11.8 Å². The molecule has 0 saturated carbocycles. The number of benzene rings is 1. The van der Waals surface area contributed by atoms with E-state index in [0.717, 1.165) is 16.8 Å². The van der Waals surface area contributed by atoms with Crippen LogP contribution in [-0.4, -0.2) is 52.4 Å². The lowest BCUT2D eigenvalue weighted by atomic mass is 10.1. The topological polar surface area (TPSA) is 69.3 Å². The molecule has 0 radical (unpaired) electrons. The highest BCUT2D eigenvalue weighted by molar-refractivity contribution is 5.96. The maximum Gasteiger partial charge on any atom is 0.272 e. The molecular weight excluding hydrogens is 328 g/mol. The summed E-state index contributed by atoms with van der Waals surface area (Å²) in [7, 11) is 0. The van der Waals surface area contributed by atoms with Crippen LogP contribution in [0, 0.1) is 25.2 Å². The smallest absolute Gasteiger partial charge is 0.272 e. The normalized spacial score (nSPS) is 14.2. The highest BCUT2D eigenvalue weighted by Crippen LogP contribution is 2.23. The molecule has 2 heterocycles. The molecule has 0 unspecified atom stereocenters. The van der Waals surface area contributed by atoms with E-state index in [1.165, 1.54) is 6.92 Å². The number of carbonyl (C=O) groups is 2. The number of nitrogens with zero attached hydrogens (tertiary/aromatic N) is 4. The van der Waals surface area contributed by atoms with Gasteiger partial charge in [0.2, 0.25) is 5.91 Å². The second-order valence-corrected chi connectivity index (χ2v) is 6.65. The van der Waals surface area contributed by atoms with Gasteiger partial charge in [0.15, 0.2) is 0 Å². The van der Waals surface area contributed by atoms with Crippen LogP contribution in [0.1, 0.15) is 34.1 Å². The summed E-state index contributed by atoms with van der Waals surface area (Å²) in [4.78, 5) is 28.1. The average molecular weight is 350 g/mol. The second-order valence-electron chi connectivity index (χ2n) is 6.65. The number of aromatic nitrogens is 1. The summed E-state index contributed by atoms with van der Waals surface area (Å²) in [5, 5.41) is 9.47.